The van der Waals surface area contributed by atoms with Gasteiger partial charge < -0.3 is 0 Å². The molecule has 0 aromatic carbocycles. The molecule has 20 heavy (non-hydrogen) atoms. The molecule has 1 saturated carbocycles. The van der Waals surface area contributed by atoms with Crippen molar-refractivity contribution in [2.24, 2.45) is 11.8 Å². The molecule has 0 spiro atoms. The summed E-state index contributed by atoms with van der Waals surface area (Å²) >= 11 is 0. The Balaban J connectivity index is 2.16. The second-order valence-corrected chi connectivity index (χ2v) is 7.13. The first-order chi connectivity index (χ1) is 9.42. The number of hydrogen-bond donors (Lipinski definition) is 1. The first-order valence-electron chi connectivity index (χ1n) is 6.89. The van der Waals surface area contributed by atoms with Crippen molar-refractivity contribution in [1.82, 2.24) is 9.71 Å². The molecule has 1 aromatic heterocycles. The van der Waals surface area contributed by atoms with Crippen molar-refractivity contribution in [3.63, 3.8) is 0 Å². The number of pyridine rings is 1. The number of nitrogens with zero attached hydrogens (tertiary/aromatic N) is 1. The lowest BCUT2D eigenvalue weighted by Gasteiger charge is -2.27. The summed E-state index contributed by atoms with van der Waals surface area (Å²) in [5.41, 5.74) is 0.581. The van der Waals surface area contributed by atoms with E-state index in [1.807, 2.05) is 6.92 Å². The SMILES string of the molecule is Cc1ccncc1S(=O)(=O)NC(=O)C1CCCCC1C. The van der Waals surface area contributed by atoms with Crippen LogP contribution in [0.4, 0.5) is 0 Å². The number of aryl methyl sites for hydroxylation is 1. The van der Waals surface area contributed by atoms with E-state index in [1.54, 1.807) is 13.0 Å². The Morgan fingerprint density at radius 2 is 2.05 bits per heavy atom. The number of amides is 1. The van der Waals surface area contributed by atoms with Gasteiger partial charge in [-0.25, -0.2) is 13.1 Å². The summed E-state index contributed by atoms with van der Waals surface area (Å²) in [5.74, 6) is -0.370. The van der Waals surface area contributed by atoms with Crippen molar-refractivity contribution in [1.29, 1.82) is 0 Å². The van der Waals surface area contributed by atoms with Crippen LogP contribution >= 0.6 is 0 Å². The zero-order valence-electron chi connectivity index (χ0n) is 11.8. The number of carbonyl (C=O) groups is 1. The smallest absolute Gasteiger partial charge is 0.265 e. The van der Waals surface area contributed by atoms with Crippen LogP contribution in [0.25, 0.3) is 0 Å². The normalized spacial score (nSPS) is 23.3. The van der Waals surface area contributed by atoms with E-state index in [0.717, 1.165) is 25.7 Å². The zero-order chi connectivity index (χ0) is 14.8. The second kappa shape index (κ2) is 5.91. The van der Waals surface area contributed by atoms with E-state index in [2.05, 4.69) is 9.71 Å². The van der Waals surface area contributed by atoms with E-state index in [-0.39, 0.29) is 22.6 Å². The van der Waals surface area contributed by atoms with Gasteiger partial charge in [-0.3, -0.25) is 9.78 Å². The summed E-state index contributed by atoms with van der Waals surface area (Å²) in [7, 11) is -3.82. The Morgan fingerprint density at radius 3 is 2.70 bits per heavy atom. The Hall–Kier alpha value is -1.43. The molecule has 2 atom stereocenters. The van der Waals surface area contributed by atoms with Crippen LogP contribution in [0, 0.1) is 18.8 Å². The lowest BCUT2D eigenvalue weighted by atomic mass is 9.80. The lowest BCUT2D eigenvalue weighted by molar-refractivity contribution is -0.125. The number of aromatic nitrogens is 1. The van der Waals surface area contributed by atoms with Gasteiger partial charge in [0.05, 0.1) is 0 Å². The van der Waals surface area contributed by atoms with Gasteiger partial charge in [-0.2, -0.15) is 0 Å². The standard InChI is InChI=1S/C14H20N2O3S/c1-10-5-3-4-6-12(10)14(17)16-20(18,19)13-9-15-8-7-11(13)2/h7-10,12H,3-6H2,1-2H3,(H,16,17). The first-order valence-corrected chi connectivity index (χ1v) is 8.37. The molecule has 0 saturated heterocycles. The molecule has 1 N–H and O–H groups in total. The first kappa shape index (κ1) is 15.0. The molecule has 5 nitrogen and oxygen atoms in total. The maximum atomic E-state index is 12.2. The molecule has 0 aliphatic heterocycles. The number of hydrogen-bond acceptors (Lipinski definition) is 4. The van der Waals surface area contributed by atoms with Crippen LogP contribution in [-0.4, -0.2) is 19.3 Å². The van der Waals surface area contributed by atoms with Gasteiger partial charge in [0.15, 0.2) is 0 Å². The highest BCUT2D eigenvalue weighted by atomic mass is 32.2. The van der Waals surface area contributed by atoms with Gasteiger partial charge >= 0.3 is 0 Å². The Morgan fingerprint density at radius 1 is 1.35 bits per heavy atom. The average Bonchev–Trinajstić information content (AvgIpc) is 2.38. The van der Waals surface area contributed by atoms with Gasteiger partial charge in [-0.1, -0.05) is 19.8 Å². The third kappa shape index (κ3) is 3.17. The minimum Gasteiger partial charge on any atom is -0.274 e. The van der Waals surface area contributed by atoms with Crippen LogP contribution in [0.1, 0.15) is 38.2 Å². The molecule has 0 radical (unpaired) electrons. The van der Waals surface area contributed by atoms with Gasteiger partial charge in [-0.05, 0) is 37.3 Å². The van der Waals surface area contributed by atoms with Gasteiger partial charge in [0.25, 0.3) is 10.0 Å². The molecule has 1 aliphatic carbocycles. The van der Waals surface area contributed by atoms with Crippen molar-refractivity contribution in [3.05, 3.63) is 24.0 Å². The van der Waals surface area contributed by atoms with Crippen LogP contribution in [0.5, 0.6) is 0 Å². The van der Waals surface area contributed by atoms with E-state index < -0.39 is 10.0 Å². The summed E-state index contributed by atoms with van der Waals surface area (Å²) in [4.78, 5) is 16.1. The minimum atomic E-state index is -3.82. The molecule has 110 valence electrons. The maximum absolute atomic E-state index is 12.2. The fourth-order valence-electron chi connectivity index (χ4n) is 2.70. The van der Waals surface area contributed by atoms with Crippen LogP contribution < -0.4 is 4.72 Å². The van der Waals surface area contributed by atoms with Crippen molar-refractivity contribution in [2.75, 3.05) is 0 Å². The van der Waals surface area contributed by atoms with Gasteiger partial charge in [-0.15, -0.1) is 0 Å². The molecule has 1 fully saturated rings. The van der Waals surface area contributed by atoms with E-state index in [1.165, 1.54) is 12.4 Å². The van der Waals surface area contributed by atoms with Crippen LogP contribution in [-0.2, 0) is 14.8 Å². The molecule has 1 aromatic rings. The number of rotatable bonds is 3. The highest BCUT2D eigenvalue weighted by Crippen LogP contribution is 2.30. The minimum absolute atomic E-state index is 0.0665. The molecular formula is C14H20N2O3S. The summed E-state index contributed by atoms with van der Waals surface area (Å²) in [6.07, 6.45) is 6.63. The van der Waals surface area contributed by atoms with Crippen molar-refractivity contribution >= 4 is 15.9 Å². The topological polar surface area (TPSA) is 76.1 Å². The average molecular weight is 296 g/mol. The predicted molar refractivity (Wildman–Crippen MR) is 75.4 cm³/mol. The van der Waals surface area contributed by atoms with Gasteiger partial charge in [0.1, 0.15) is 4.90 Å². The quantitative estimate of drug-likeness (QED) is 0.926. The fourth-order valence-corrected chi connectivity index (χ4v) is 3.92. The van der Waals surface area contributed by atoms with Crippen molar-refractivity contribution in [2.45, 2.75) is 44.4 Å². The second-order valence-electron chi connectivity index (χ2n) is 5.48. The molecule has 1 heterocycles. The summed E-state index contributed by atoms with van der Waals surface area (Å²) in [5, 5.41) is 0. The zero-order valence-corrected chi connectivity index (χ0v) is 12.6. The molecule has 0 bridgehead atoms. The third-order valence-corrected chi connectivity index (χ3v) is 5.44. The predicted octanol–water partition coefficient (Wildman–Crippen LogP) is 2.02. The van der Waals surface area contributed by atoms with Crippen molar-refractivity contribution in [3.8, 4) is 0 Å². The van der Waals surface area contributed by atoms with Crippen molar-refractivity contribution < 1.29 is 13.2 Å². The van der Waals surface area contributed by atoms with E-state index in [9.17, 15) is 13.2 Å². The highest BCUT2D eigenvalue weighted by molar-refractivity contribution is 7.90. The monoisotopic (exact) mass is 296 g/mol. The van der Waals surface area contributed by atoms with Crippen LogP contribution in [0.15, 0.2) is 23.4 Å². The molecule has 2 rings (SSSR count). The molecule has 1 amide bonds. The fraction of sp³-hybridized carbons (Fsp3) is 0.571. The number of carbonyl (C=O) groups excluding carboxylic acids is 1. The molecule has 6 heteroatoms. The largest absolute Gasteiger partial charge is 0.274 e. The highest BCUT2D eigenvalue weighted by Gasteiger charge is 2.31. The Labute approximate surface area is 119 Å². The Kier molecular flexibility index (Phi) is 4.42. The molecule has 2 unspecified atom stereocenters. The van der Waals surface area contributed by atoms with Gasteiger partial charge in [0.2, 0.25) is 5.91 Å². The van der Waals surface area contributed by atoms with E-state index >= 15 is 0 Å². The van der Waals surface area contributed by atoms with E-state index in [0.29, 0.717) is 5.56 Å². The maximum Gasteiger partial charge on any atom is 0.265 e. The summed E-state index contributed by atoms with van der Waals surface area (Å²) in [6, 6.07) is 1.61. The number of sulfonamides is 1. The number of nitrogens with one attached hydrogen (secondary N) is 1. The van der Waals surface area contributed by atoms with Crippen LogP contribution in [0.3, 0.4) is 0 Å². The summed E-state index contributed by atoms with van der Waals surface area (Å²) < 4.78 is 26.7. The summed E-state index contributed by atoms with van der Waals surface area (Å²) in [6.45, 7) is 3.69. The molecule has 1 aliphatic rings. The van der Waals surface area contributed by atoms with Gasteiger partial charge in [0, 0.05) is 18.3 Å². The van der Waals surface area contributed by atoms with Crippen LogP contribution in [0.2, 0.25) is 0 Å². The van der Waals surface area contributed by atoms with E-state index in [4.69, 9.17) is 0 Å². The lowest BCUT2D eigenvalue weighted by Crippen LogP contribution is -2.39. The molecular weight excluding hydrogens is 276 g/mol. The third-order valence-electron chi connectivity index (χ3n) is 3.96. The Bertz CT molecular complexity index is 598.